The molecule has 0 spiro atoms. The van der Waals surface area contributed by atoms with Crippen LogP contribution < -0.4 is 5.73 Å². The van der Waals surface area contributed by atoms with Gasteiger partial charge in [-0.15, -0.1) is 0 Å². The van der Waals surface area contributed by atoms with Crippen molar-refractivity contribution in [1.29, 1.82) is 0 Å². The Balaban J connectivity index is 4.36. The maximum absolute atomic E-state index is 12.7. The molecule has 3 atom stereocenters. The maximum Gasteiger partial charge on any atom is 0.472 e. The van der Waals surface area contributed by atoms with Gasteiger partial charge in [-0.2, -0.15) is 0 Å². The minimum Gasteiger partial charge on any atom is -0.480 e. The second-order valence-electron chi connectivity index (χ2n) is 16.2. The number of carboxylic acids is 1. The third kappa shape index (κ3) is 43.8. The summed E-state index contributed by atoms with van der Waals surface area (Å²) in [6, 6.07) is -1.53. The van der Waals surface area contributed by atoms with Crippen LogP contribution in [0.15, 0.2) is 60.8 Å². The minimum absolute atomic E-state index is 0.122. The van der Waals surface area contributed by atoms with Crippen molar-refractivity contribution in [3.05, 3.63) is 60.8 Å². The van der Waals surface area contributed by atoms with Crippen LogP contribution in [0, 0.1) is 0 Å². The zero-order valence-electron chi connectivity index (χ0n) is 38.9. The highest BCUT2D eigenvalue weighted by atomic mass is 31.2. The summed E-state index contributed by atoms with van der Waals surface area (Å²) in [6.07, 6.45) is 52.8. The molecule has 4 N–H and O–H groups in total. The number of esters is 2. The molecule has 0 aliphatic rings. The summed E-state index contributed by atoms with van der Waals surface area (Å²) < 4.78 is 32.8. The van der Waals surface area contributed by atoms with Gasteiger partial charge in [0, 0.05) is 12.8 Å². The lowest BCUT2D eigenvalue weighted by Gasteiger charge is -2.20. The fraction of sp³-hybridized carbons (Fsp3) is 0.740. The first-order chi connectivity index (χ1) is 30.1. The quantitative estimate of drug-likeness (QED) is 0.0230. The first-order valence-electron chi connectivity index (χ1n) is 24.3. The highest BCUT2D eigenvalue weighted by molar-refractivity contribution is 7.47. The van der Waals surface area contributed by atoms with E-state index in [9.17, 15) is 23.8 Å². The smallest absolute Gasteiger partial charge is 0.472 e. The van der Waals surface area contributed by atoms with Crippen LogP contribution in [0.1, 0.15) is 206 Å². The van der Waals surface area contributed by atoms with E-state index in [1.807, 2.05) is 0 Å². The van der Waals surface area contributed by atoms with Gasteiger partial charge >= 0.3 is 25.7 Å². The molecule has 62 heavy (non-hydrogen) atoms. The number of allylic oxidation sites excluding steroid dienone is 10. The molecule has 1 unspecified atom stereocenters. The van der Waals surface area contributed by atoms with Crippen molar-refractivity contribution in [3.8, 4) is 0 Å². The fourth-order valence-electron chi connectivity index (χ4n) is 6.40. The molecule has 12 heteroatoms. The number of aliphatic carboxylic acids is 1. The van der Waals surface area contributed by atoms with Crippen molar-refractivity contribution < 1.29 is 47.5 Å². The van der Waals surface area contributed by atoms with E-state index in [2.05, 4.69) is 79.1 Å². The summed E-state index contributed by atoms with van der Waals surface area (Å²) in [4.78, 5) is 46.1. The predicted octanol–water partition coefficient (Wildman–Crippen LogP) is 13.5. The van der Waals surface area contributed by atoms with Crippen molar-refractivity contribution in [2.24, 2.45) is 5.73 Å². The summed E-state index contributed by atoms with van der Waals surface area (Å²) in [5, 5.41) is 8.91. The zero-order chi connectivity index (χ0) is 45.6. The van der Waals surface area contributed by atoms with Gasteiger partial charge in [0.15, 0.2) is 6.10 Å². The van der Waals surface area contributed by atoms with E-state index in [4.69, 9.17) is 24.8 Å². The van der Waals surface area contributed by atoms with Crippen LogP contribution in [0.5, 0.6) is 0 Å². The van der Waals surface area contributed by atoms with Crippen molar-refractivity contribution in [1.82, 2.24) is 0 Å². The Hall–Kier alpha value is -2.82. The second kappa shape index (κ2) is 44.8. The van der Waals surface area contributed by atoms with Crippen molar-refractivity contribution in [2.45, 2.75) is 219 Å². The summed E-state index contributed by atoms with van der Waals surface area (Å²) in [7, 11) is -4.73. The number of unbranched alkanes of at least 4 members (excludes halogenated alkanes) is 21. The van der Waals surface area contributed by atoms with Gasteiger partial charge < -0.3 is 25.2 Å². The van der Waals surface area contributed by atoms with E-state index in [1.54, 1.807) is 0 Å². The van der Waals surface area contributed by atoms with Gasteiger partial charge in [-0.05, 0) is 83.5 Å². The SMILES string of the molecule is CCCCC/C=C\C/C=C\C/C=C\C/C=C\CCCCCC(=O)O[C@H](COC(=O)CCCCCCCCCCC/C=C\CCCCCCCC)COP(=O)(O)OC[C@H](N)C(=O)O. The molecule has 0 amide bonds. The monoisotopic (exact) mass is 894 g/mol. The summed E-state index contributed by atoms with van der Waals surface area (Å²) in [5.41, 5.74) is 5.34. The number of phosphoric acid groups is 1. The average molecular weight is 894 g/mol. The third-order valence-corrected chi connectivity index (χ3v) is 11.2. The molecule has 0 saturated carbocycles. The molecule has 0 bridgehead atoms. The van der Waals surface area contributed by atoms with Crippen LogP contribution in [0.25, 0.3) is 0 Å². The summed E-state index contributed by atoms with van der Waals surface area (Å²) in [6.45, 7) is 2.75. The standard InChI is InChI=1S/C50H88NO10P/c1-3-5-7-9-11-13-15-17-19-21-23-25-27-29-31-33-35-37-39-41-48(52)58-43-46(44-59-62(56,57)60-45-47(51)50(54)55)61-49(53)42-40-38-36-34-32-30-28-26-24-22-20-18-16-14-12-10-8-6-4-2/h12,14,17-20,24,26,30,32,46-47H,3-11,13,15-16,21-23,25,27-29,31,33-45,51H2,1-2H3,(H,54,55)(H,56,57)/b14-12-,19-17-,20-18-,26-24-,32-30-/t46-,47+/m1/s1. The summed E-state index contributed by atoms with van der Waals surface area (Å²) >= 11 is 0. The van der Waals surface area contributed by atoms with Gasteiger partial charge in [-0.25, -0.2) is 4.57 Å². The number of nitrogens with two attached hydrogens (primary N) is 1. The maximum atomic E-state index is 12.7. The molecule has 0 fully saturated rings. The first kappa shape index (κ1) is 59.2. The van der Waals surface area contributed by atoms with Crippen molar-refractivity contribution in [3.63, 3.8) is 0 Å². The fourth-order valence-corrected chi connectivity index (χ4v) is 7.17. The first-order valence-corrected chi connectivity index (χ1v) is 25.8. The Kier molecular flexibility index (Phi) is 42.7. The molecule has 0 rings (SSSR count). The molecule has 0 aliphatic heterocycles. The van der Waals surface area contributed by atoms with Crippen LogP contribution >= 0.6 is 7.82 Å². The number of carboxylic acid groups (broad SMARTS) is 1. The number of phosphoric ester groups is 1. The van der Waals surface area contributed by atoms with Gasteiger partial charge in [0.2, 0.25) is 0 Å². The third-order valence-electron chi connectivity index (χ3n) is 10.2. The molecular formula is C50H88NO10P. The molecule has 11 nitrogen and oxygen atoms in total. The normalized spacial score (nSPS) is 14.1. The molecule has 0 aromatic carbocycles. The molecule has 0 aromatic heterocycles. The Morgan fingerprint density at radius 3 is 1.34 bits per heavy atom. The lowest BCUT2D eigenvalue weighted by atomic mass is 10.1. The molecule has 0 aliphatic carbocycles. The van der Waals surface area contributed by atoms with E-state index in [1.165, 1.54) is 109 Å². The van der Waals surface area contributed by atoms with Crippen molar-refractivity contribution in [2.75, 3.05) is 19.8 Å². The second-order valence-corrected chi connectivity index (χ2v) is 17.7. The van der Waals surface area contributed by atoms with Gasteiger partial charge in [0.25, 0.3) is 0 Å². The molecular weight excluding hydrogens is 806 g/mol. The number of carbonyl (C=O) groups is 3. The van der Waals surface area contributed by atoms with E-state index in [0.717, 1.165) is 57.8 Å². The number of hydrogen-bond donors (Lipinski definition) is 3. The molecule has 358 valence electrons. The van der Waals surface area contributed by atoms with Crippen LogP contribution in [0.3, 0.4) is 0 Å². The lowest BCUT2D eigenvalue weighted by molar-refractivity contribution is -0.161. The zero-order valence-corrected chi connectivity index (χ0v) is 39.8. The van der Waals surface area contributed by atoms with Crippen LogP contribution in [0.2, 0.25) is 0 Å². The minimum atomic E-state index is -4.73. The summed E-state index contributed by atoms with van der Waals surface area (Å²) in [5.74, 6) is -2.42. The number of carbonyl (C=O) groups excluding carboxylic acids is 2. The number of ether oxygens (including phenoxy) is 2. The Morgan fingerprint density at radius 2 is 0.855 bits per heavy atom. The molecule has 0 radical (unpaired) electrons. The highest BCUT2D eigenvalue weighted by Gasteiger charge is 2.28. The van der Waals surface area contributed by atoms with Gasteiger partial charge in [0.05, 0.1) is 13.2 Å². The van der Waals surface area contributed by atoms with Crippen LogP contribution in [0.4, 0.5) is 0 Å². The van der Waals surface area contributed by atoms with E-state index >= 15 is 0 Å². The van der Waals surface area contributed by atoms with E-state index in [0.29, 0.717) is 12.8 Å². The average Bonchev–Trinajstić information content (AvgIpc) is 3.25. The van der Waals surface area contributed by atoms with Gasteiger partial charge in [-0.3, -0.25) is 23.4 Å². The van der Waals surface area contributed by atoms with E-state index in [-0.39, 0.29) is 19.4 Å². The van der Waals surface area contributed by atoms with Crippen molar-refractivity contribution >= 4 is 25.7 Å². The van der Waals surface area contributed by atoms with E-state index < -0.39 is 51.1 Å². The topological polar surface area (TPSA) is 172 Å². The Morgan fingerprint density at radius 1 is 0.500 bits per heavy atom. The molecule has 0 heterocycles. The van der Waals surface area contributed by atoms with Crippen LogP contribution in [-0.2, 0) is 37.5 Å². The van der Waals surface area contributed by atoms with Gasteiger partial charge in [0.1, 0.15) is 12.6 Å². The highest BCUT2D eigenvalue weighted by Crippen LogP contribution is 2.43. The number of rotatable bonds is 45. The van der Waals surface area contributed by atoms with Gasteiger partial charge in [-0.1, -0.05) is 171 Å². The Labute approximate surface area is 377 Å². The molecule has 0 aromatic rings. The van der Waals surface area contributed by atoms with Crippen LogP contribution in [-0.4, -0.2) is 59.9 Å². The predicted molar refractivity (Wildman–Crippen MR) is 254 cm³/mol. The Bertz CT molecular complexity index is 1280. The number of hydrogen-bond acceptors (Lipinski definition) is 9. The lowest BCUT2D eigenvalue weighted by Crippen LogP contribution is -2.34. The largest absolute Gasteiger partial charge is 0.480 e. The molecule has 0 saturated heterocycles.